The molecule has 1 aromatic rings. The molecule has 0 bridgehead atoms. The van der Waals surface area contributed by atoms with E-state index in [9.17, 15) is 9.90 Å². The molecular weight excluding hydrogens is 262 g/mol. The van der Waals surface area contributed by atoms with Crippen LogP contribution < -0.4 is 5.32 Å². The van der Waals surface area contributed by atoms with Crippen LogP contribution >= 0.6 is 0 Å². The molecule has 1 aliphatic carbocycles. The Kier molecular flexibility index (Phi) is 6.24. The lowest BCUT2D eigenvalue weighted by Gasteiger charge is -2.27. The van der Waals surface area contributed by atoms with E-state index in [0.717, 1.165) is 44.9 Å². The fourth-order valence-corrected chi connectivity index (χ4v) is 2.95. The number of aliphatic hydroxyl groups excluding tert-OH is 1. The second-order valence-corrected chi connectivity index (χ2v) is 6.29. The Morgan fingerprint density at radius 3 is 2.57 bits per heavy atom. The van der Waals surface area contributed by atoms with Crippen molar-refractivity contribution in [2.45, 2.75) is 64.0 Å². The predicted octanol–water partition coefficient (Wildman–Crippen LogP) is 3.07. The molecule has 21 heavy (non-hydrogen) atoms. The molecule has 2 rings (SSSR count). The minimum atomic E-state index is -0.165. The van der Waals surface area contributed by atoms with Gasteiger partial charge in [-0.15, -0.1) is 0 Å². The van der Waals surface area contributed by atoms with Gasteiger partial charge in [-0.25, -0.2) is 0 Å². The van der Waals surface area contributed by atoms with E-state index >= 15 is 0 Å². The molecule has 1 amide bonds. The van der Waals surface area contributed by atoms with Gasteiger partial charge in [0.05, 0.1) is 6.10 Å². The van der Waals surface area contributed by atoms with E-state index in [4.69, 9.17) is 0 Å². The van der Waals surface area contributed by atoms with Crippen molar-refractivity contribution in [3.63, 3.8) is 0 Å². The molecule has 1 atom stereocenters. The van der Waals surface area contributed by atoms with Gasteiger partial charge < -0.3 is 10.4 Å². The van der Waals surface area contributed by atoms with Gasteiger partial charge in [0.2, 0.25) is 5.91 Å². The summed E-state index contributed by atoms with van der Waals surface area (Å²) in [6.07, 6.45) is 6.28. The molecule has 2 N–H and O–H groups in total. The zero-order valence-electron chi connectivity index (χ0n) is 12.9. The number of aliphatic hydroxyl groups is 1. The highest BCUT2D eigenvalue weighted by molar-refractivity contribution is 5.78. The summed E-state index contributed by atoms with van der Waals surface area (Å²) in [6, 6.07) is 10.7. The average Bonchev–Trinajstić information content (AvgIpc) is 2.50. The average molecular weight is 289 g/mol. The van der Waals surface area contributed by atoms with Gasteiger partial charge in [0.15, 0.2) is 0 Å². The molecule has 1 aromatic carbocycles. The van der Waals surface area contributed by atoms with Crippen molar-refractivity contribution in [2.75, 3.05) is 0 Å². The van der Waals surface area contributed by atoms with Crippen LogP contribution in [0.5, 0.6) is 0 Å². The molecule has 1 unspecified atom stereocenters. The number of carbonyl (C=O) groups is 1. The SMILES string of the molecule is CC(CCCc1ccccc1)C(=O)NC1CCC(O)CC1. The van der Waals surface area contributed by atoms with E-state index in [1.54, 1.807) is 0 Å². The molecular formula is C18H27NO2. The summed E-state index contributed by atoms with van der Waals surface area (Å²) in [7, 11) is 0. The minimum Gasteiger partial charge on any atom is -0.393 e. The van der Waals surface area contributed by atoms with Gasteiger partial charge >= 0.3 is 0 Å². The second-order valence-electron chi connectivity index (χ2n) is 6.29. The van der Waals surface area contributed by atoms with Gasteiger partial charge in [-0.05, 0) is 50.5 Å². The van der Waals surface area contributed by atoms with Crippen molar-refractivity contribution in [3.8, 4) is 0 Å². The number of aryl methyl sites for hydroxylation is 1. The first-order chi connectivity index (χ1) is 10.1. The number of amides is 1. The molecule has 3 nitrogen and oxygen atoms in total. The summed E-state index contributed by atoms with van der Waals surface area (Å²) < 4.78 is 0. The molecule has 116 valence electrons. The van der Waals surface area contributed by atoms with Crippen molar-refractivity contribution in [1.82, 2.24) is 5.32 Å². The topological polar surface area (TPSA) is 49.3 Å². The van der Waals surface area contributed by atoms with Crippen LogP contribution in [-0.2, 0) is 11.2 Å². The maximum Gasteiger partial charge on any atom is 0.223 e. The number of carbonyl (C=O) groups excluding carboxylic acids is 1. The quantitative estimate of drug-likeness (QED) is 0.845. The molecule has 0 spiro atoms. The Morgan fingerprint density at radius 2 is 1.90 bits per heavy atom. The number of hydrogen-bond donors (Lipinski definition) is 2. The van der Waals surface area contributed by atoms with Crippen LogP contribution in [0.25, 0.3) is 0 Å². The van der Waals surface area contributed by atoms with Gasteiger partial charge in [-0.2, -0.15) is 0 Å². The zero-order valence-corrected chi connectivity index (χ0v) is 12.9. The number of rotatable bonds is 6. The molecule has 1 saturated carbocycles. The molecule has 0 aliphatic heterocycles. The molecule has 0 aromatic heterocycles. The molecule has 0 radical (unpaired) electrons. The molecule has 0 saturated heterocycles. The Morgan fingerprint density at radius 1 is 1.24 bits per heavy atom. The van der Waals surface area contributed by atoms with E-state index in [2.05, 4.69) is 29.6 Å². The maximum absolute atomic E-state index is 12.2. The maximum atomic E-state index is 12.2. The van der Waals surface area contributed by atoms with Gasteiger partial charge in [0.25, 0.3) is 0 Å². The fourth-order valence-electron chi connectivity index (χ4n) is 2.95. The monoisotopic (exact) mass is 289 g/mol. The highest BCUT2D eigenvalue weighted by Gasteiger charge is 2.22. The van der Waals surface area contributed by atoms with Crippen molar-refractivity contribution >= 4 is 5.91 Å². The van der Waals surface area contributed by atoms with Crippen LogP contribution in [0, 0.1) is 5.92 Å². The third-order valence-corrected chi connectivity index (χ3v) is 4.44. The molecule has 0 heterocycles. The van der Waals surface area contributed by atoms with Crippen LogP contribution in [-0.4, -0.2) is 23.2 Å². The first-order valence-corrected chi connectivity index (χ1v) is 8.17. The van der Waals surface area contributed by atoms with Crippen molar-refractivity contribution in [3.05, 3.63) is 35.9 Å². The summed E-state index contributed by atoms with van der Waals surface area (Å²) >= 11 is 0. The van der Waals surface area contributed by atoms with Gasteiger partial charge in [-0.3, -0.25) is 4.79 Å². The lowest BCUT2D eigenvalue weighted by molar-refractivity contribution is -0.125. The third-order valence-electron chi connectivity index (χ3n) is 4.44. The van der Waals surface area contributed by atoms with Crippen LogP contribution in [0.3, 0.4) is 0 Å². The van der Waals surface area contributed by atoms with Crippen LogP contribution in [0.2, 0.25) is 0 Å². The van der Waals surface area contributed by atoms with Crippen molar-refractivity contribution in [2.24, 2.45) is 5.92 Å². The van der Waals surface area contributed by atoms with Gasteiger partial charge in [0.1, 0.15) is 0 Å². The highest BCUT2D eigenvalue weighted by Crippen LogP contribution is 2.19. The van der Waals surface area contributed by atoms with Crippen LogP contribution in [0.1, 0.15) is 51.0 Å². The summed E-state index contributed by atoms with van der Waals surface area (Å²) in [5.41, 5.74) is 1.34. The number of benzene rings is 1. The number of nitrogens with one attached hydrogen (secondary N) is 1. The lowest BCUT2D eigenvalue weighted by Crippen LogP contribution is -2.41. The molecule has 1 aliphatic rings. The number of hydrogen-bond acceptors (Lipinski definition) is 2. The first kappa shape index (κ1) is 16.0. The Labute approximate surface area is 127 Å². The Hall–Kier alpha value is -1.35. The third kappa shape index (κ3) is 5.50. The summed E-state index contributed by atoms with van der Waals surface area (Å²) in [5, 5.41) is 12.6. The first-order valence-electron chi connectivity index (χ1n) is 8.17. The van der Waals surface area contributed by atoms with Gasteiger partial charge in [0, 0.05) is 12.0 Å². The Balaban J connectivity index is 1.65. The predicted molar refractivity (Wildman–Crippen MR) is 84.9 cm³/mol. The van der Waals surface area contributed by atoms with Crippen LogP contribution in [0.15, 0.2) is 30.3 Å². The Bertz CT molecular complexity index is 424. The van der Waals surface area contributed by atoms with E-state index < -0.39 is 0 Å². The summed E-state index contributed by atoms with van der Waals surface area (Å²) in [6.45, 7) is 2.01. The van der Waals surface area contributed by atoms with Gasteiger partial charge in [-0.1, -0.05) is 37.3 Å². The smallest absolute Gasteiger partial charge is 0.223 e. The second kappa shape index (κ2) is 8.18. The minimum absolute atomic E-state index is 0.0700. The van der Waals surface area contributed by atoms with E-state index in [1.165, 1.54) is 5.56 Å². The summed E-state index contributed by atoms with van der Waals surface area (Å²) in [4.78, 5) is 12.2. The summed E-state index contributed by atoms with van der Waals surface area (Å²) in [5.74, 6) is 0.241. The van der Waals surface area contributed by atoms with E-state index in [1.807, 2.05) is 13.0 Å². The van der Waals surface area contributed by atoms with E-state index in [-0.39, 0.29) is 24.0 Å². The normalized spacial score (nSPS) is 23.5. The molecule has 1 fully saturated rings. The van der Waals surface area contributed by atoms with Crippen LogP contribution in [0.4, 0.5) is 0 Å². The molecule has 3 heteroatoms. The largest absolute Gasteiger partial charge is 0.393 e. The lowest BCUT2D eigenvalue weighted by atomic mass is 9.92. The highest BCUT2D eigenvalue weighted by atomic mass is 16.3. The fraction of sp³-hybridized carbons (Fsp3) is 0.611. The van der Waals surface area contributed by atoms with Crippen molar-refractivity contribution < 1.29 is 9.90 Å². The van der Waals surface area contributed by atoms with Crippen molar-refractivity contribution in [1.29, 1.82) is 0 Å². The standard InChI is InChI=1S/C18H27NO2/c1-14(6-5-9-15-7-3-2-4-8-15)18(21)19-16-10-12-17(20)13-11-16/h2-4,7-8,14,16-17,20H,5-6,9-13H2,1H3,(H,19,21). The van der Waals surface area contributed by atoms with E-state index in [0.29, 0.717) is 0 Å². The zero-order chi connectivity index (χ0) is 15.1.